The van der Waals surface area contributed by atoms with Crippen molar-refractivity contribution in [1.82, 2.24) is 5.32 Å². The van der Waals surface area contributed by atoms with Gasteiger partial charge in [-0.05, 0) is 44.0 Å². The molecule has 0 aliphatic rings. The zero-order valence-electron chi connectivity index (χ0n) is 17.0. The van der Waals surface area contributed by atoms with Gasteiger partial charge in [0.2, 0.25) is 0 Å². The molecule has 30 heavy (non-hydrogen) atoms. The molecule has 0 aromatic heterocycles. The van der Waals surface area contributed by atoms with E-state index in [1.54, 1.807) is 18.2 Å². The Morgan fingerprint density at radius 2 is 1.87 bits per heavy atom. The van der Waals surface area contributed by atoms with Crippen LogP contribution in [-0.2, 0) is 16.1 Å². The molecule has 0 atom stereocenters. The topological polar surface area (TPSA) is 112 Å². The first-order valence-electron chi connectivity index (χ1n) is 9.59. The van der Waals surface area contributed by atoms with E-state index in [2.05, 4.69) is 10.5 Å². The zero-order valence-corrected chi connectivity index (χ0v) is 17.0. The lowest BCUT2D eigenvalue weighted by Gasteiger charge is -2.12. The summed E-state index contributed by atoms with van der Waals surface area (Å²) in [6, 6.07) is 11.8. The first-order chi connectivity index (χ1) is 14.5. The normalized spacial score (nSPS) is 10.6. The van der Waals surface area contributed by atoms with E-state index in [1.807, 2.05) is 32.0 Å². The van der Waals surface area contributed by atoms with Crippen molar-refractivity contribution < 1.29 is 24.0 Å². The van der Waals surface area contributed by atoms with Gasteiger partial charge in [-0.3, -0.25) is 14.9 Å². The van der Waals surface area contributed by atoms with Crippen LogP contribution in [0.1, 0.15) is 25.0 Å². The molecular weight excluding hydrogens is 390 g/mol. The number of carbonyl (C=O) groups is 1. The minimum atomic E-state index is -0.508. The van der Waals surface area contributed by atoms with Gasteiger partial charge in [0.15, 0.2) is 18.1 Å². The molecule has 9 nitrogen and oxygen atoms in total. The number of carbonyl (C=O) groups excluding carboxylic acids is 1. The Hall–Kier alpha value is -3.62. The molecule has 9 heteroatoms. The van der Waals surface area contributed by atoms with Crippen molar-refractivity contribution in [3.8, 4) is 11.5 Å². The Morgan fingerprint density at radius 1 is 1.13 bits per heavy atom. The Morgan fingerprint density at radius 3 is 2.60 bits per heavy atom. The third-order valence-electron chi connectivity index (χ3n) is 3.94. The first-order valence-corrected chi connectivity index (χ1v) is 9.59. The molecule has 1 amide bonds. The predicted molar refractivity (Wildman–Crippen MR) is 112 cm³/mol. The lowest BCUT2D eigenvalue weighted by atomic mass is 10.1. The first kappa shape index (κ1) is 22.7. The van der Waals surface area contributed by atoms with E-state index >= 15 is 0 Å². The standard InChI is InChI=1S/C21H25N3O6/c1-3-28-19-10-9-16(13-20(19)29-4-2)11-12-22-21(25)15-30-23-14-17-7-5-6-8-18(17)24(26)27/h5-10,13-14H,3-4,11-12,15H2,1-2H3,(H,22,25)/b23-14+. The maximum Gasteiger partial charge on any atom is 0.278 e. The minimum absolute atomic E-state index is 0.0870. The van der Waals surface area contributed by atoms with Gasteiger partial charge in [-0.2, -0.15) is 0 Å². The van der Waals surface area contributed by atoms with Crippen LogP contribution in [0, 0.1) is 10.1 Å². The Bertz CT molecular complexity index is 885. The number of amides is 1. The summed E-state index contributed by atoms with van der Waals surface area (Å²) in [6.45, 7) is 5.02. The number of nitrogens with zero attached hydrogens (tertiary/aromatic N) is 2. The highest BCUT2D eigenvalue weighted by molar-refractivity contribution is 5.85. The highest BCUT2D eigenvalue weighted by Gasteiger charge is 2.10. The van der Waals surface area contributed by atoms with Gasteiger partial charge in [0.25, 0.3) is 11.6 Å². The van der Waals surface area contributed by atoms with E-state index in [0.717, 1.165) is 5.56 Å². The summed E-state index contributed by atoms with van der Waals surface area (Å²) >= 11 is 0. The van der Waals surface area contributed by atoms with Crippen molar-refractivity contribution in [1.29, 1.82) is 0 Å². The van der Waals surface area contributed by atoms with Crippen LogP contribution in [-0.4, -0.2) is 43.4 Å². The van der Waals surface area contributed by atoms with Crippen LogP contribution >= 0.6 is 0 Å². The number of hydrogen-bond acceptors (Lipinski definition) is 7. The number of hydrogen-bond donors (Lipinski definition) is 1. The predicted octanol–water partition coefficient (Wildman–Crippen LogP) is 3.10. The molecule has 0 radical (unpaired) electrons. The molecule has 2 aromatic rings. The summed E-state index contributed by atoms with van der Waals surface area (Å²) in [4.78, 5) is 27.2. The monoisotopic (exact) mass is 415 g/mol. The number of rotatable bonds is 12. The molecule has 2 rings (SSSR count). The summed E-state index contributed by atoms with van der Waals surface area (Å²) in [7, 11) is 0. The Kier molecular flexibility index (Phi) is 9.11. The molecule has 0 saturated heterocycles. The molecule has 0 spiro atoms. The second-order valence-corrected chi connectivity index (χ2v) is 6.07. The summed E-state index contributed by atoms with van der Waals surface area (Å²) in [5.74, 6) is 1.03. The van der Waals surface area contributed by atoms with Gasteiger partial charge in [-0.25, -0.2) is 0 Å². The molecule has 2 aromatic carbocycles. The van der Waals surface area contributed by atoms with Gasteiger partial charge < -0.3 is 19.6 Å². The van der Waals surface area contributed by atoms with Crippen LogP contribution in [0.25, 0.3) is 0 Å². The van der Waals surface area contributed by atoms with E-state index in [1.165, 1.54) is 12.3 Å². The maximum atomic E-state index is 11.9. The largest absolute Gasteiger partial charge is 0.490 e. The summed E-state index contributed by atoms with van der Waals surface area (Å²) in [5, 5.41) is 17.3. The van der Waals surface area contributed by atoms with Crippen LogP contribution in [0.3, 0.4) is 0 Å². The van der Waals surface area contributed by atoms with E-state index < -0.39 is 4.92 Å². The quantitative estimate of drug-likeness (QED) is 0.324. The molecule has 0 heterocycles. The van der Waals surface area contributed by atoms with E-state index in [-0.39, 0.29) is 18.2 Å². The SMILES string of the molecule is CCOc1ccc(CCNC(=O)CO/N=C/c2ccccc2[N+](=O)[O-])cc1OCC. The van der Waals surface area contributed by atoms with Gasteiger partial charge in [-0.15, -0.1) is 0 Å². The number of nitro benzene ring substituents is 1. The highest BCUT2D eigenvalue weighted by atomic mass is 16.6. The second-order valence-electron chi connectivity index (χ2n) is 6.07. The highest BCUT2D eigenvalue weighted by Crippen LogP contribution is 2.28. The molecule has 0 aliphatic heterocycles. The van der Waals surface area contributed by atoms with Crippen molar-refractivity contribution in [3.05, 3.63) is 63.7 Å². The second kappa shape index (κ2) is 12.1. The maximum absolute atomic E-state index is 11.9. The summed E-state index contributed by atoms with van der Waals surface area (Å²) < 4.78 is 11.1. The molecule has 0 bridgehead atoms. The molecule has 0 aliphatic carbocycles. The van der Waals surface area contributed by atoms with Crippen molar-refractivity contribution in [2.24, 2.45) is 5.16 Å². The number of ether oxygens (including phenoxy) is 2. The summed E-state index contributed by atoms with van der Waals surface area (Å²) in [5.41, 5.74) is 1.21. The van der Waals surface area contributed by atoms with Crippen LogP contribution in [0.2, 0.25) is 0 Å². The number of oxime groups is 1. The van der Waals surface area contributed by atoms with Crippen molar-refractivity contribution in [3.63, 3.8) is 0 Å². The van der Waals surface area contributed by atoms with Crippen LogP contribution < -0.4 is 14.8 Å². The van der Waals surface area contributed by atoms with E-state index in [0.29, 0.717) is 43.2 Å². The molecule has 160 valence electrons. The smallest absolute Gasteiger partial charge is 0.278 e. The van der Waals surface area contributed by atoms with Crippen LogP contribution in [0.5, 0.6) is 11.5 Å². The number of benzene rings is 2. The number of nitrogens with one attached hydrogen (secondary N) is 1. The van der Waals surface area contributed by atoms with Gasteiger partial charge in [0, 0.05) is 12.6 Å². The lowest BCUT2D eigenvalue weighted by molar-refractivity contribution is -0.385. The Labute approximate surface area is 174 Å². The summed E-state index contributed by atoms with van der Waals surface area (Å²) in [6.07, 6.45) is 1.82. The van der Waals surface area contributed by atoms with Gasteiger partial charge in [0.1, 0.15) is 0 Å². The van der Waals surface area contributed by atoms with Crippen molar-refractivity contribution >= 4 is 17.8 Å². The fourth-order valence-electron chi connectivity index (χ4n) is 2.60. The molecular formula is C21H25N3O6. The van der Waals surface area contributed by atoms with E-state index in [4.69, 9.17) is 14.3 Å². The van der Waals surface area contributed by atoms with Crippen molar-refractivity contribution in [2.45, 2.75) is 20.3 Å². The fraction of sp³-hybridized carbons (Fsp3) is 0.333. The van der Waals surface area contributed by atoms with Gasteiger partial charge in [0.05, 0.1) is 29.9 Å². The van der Waals surface area contributed by atoms with Crippen LogP contribution in [0.4, 0.5) is 5.69 Å². The molecule has 0 saturated carbocycles. The average molecular weight is 415 g/mol. The van der Waals surface area contributed by atoms with E-state index in [9.17, 15) is 14.9 Å². The third kappa shape index (κ3) is 7.08. The van der Waals surface area contributed by atoms with Gasteiger partial charge >= 0.3 is 0 Å². The third-order valence-corrected chi connectivity index (χ3v) is 3.94. The lowest BCUT2D eigenvalue weighted by Crippen LogP contribution is -2.28. The average Bonchev–Trinajstić information content (AvgIpc) is 2.73. The molecule has 1 N–H and O–H groups in total. The molecule has 0 fully saturated rings. The number of nitro groups is 1. The van der Waals surface area contributed by atoms with Gasteiger partial charge in [-0.1, -0.05) is 23.4 Å². The van der Waals surface area contributed by atoms with Crippen molar-refractivity contribution in [2.75, 3.05) is 26.4 Å². The zero-order chi connectivity index (χ0) is 21.8. The Balaban J connectivity index is 1.78. The fourth-order valence-corrected chi connectivity index (χ4v) is 2.60. The van der Waals surface area contributed by atoms with Crippen LogP contribution in [0.15, 0.2) is 47.6 Å². The number of para-hydroxylation sites is 1. The molecule has 0 unspecified atom stereocenters. The minimum Gasteiger partial charge on any atom is -0.490 e.